The zero-order valence-electron chi connectivity index (χ0n) is 19.5. The SMILES string of the molecule is CCOCCCNC(=O)[C@H]1c2c(n(C)c3ccccc23)SCC(=O)N1c1ccc(CC)cc1. The first-order chi connectivity index (χ1) is 16.1. The second kappa shape index (κ2) is 10.4. The Kier molecular flexibility index (Phi) is 7.40. The Hall–Kier alpha value is -2.77. The summed E-state index contributed by atoms with van der Waals surface area (Å²) in [6.07, 6.45) is 1.64. The number of hydrogen-bond acceptors (Lipinski definition) is 4. The van der Waals surface area contributed by atoms with Crippen molar-refractivity contribution in [3.05, 3.63) is 59.7 Å². The molecule has 33 heavy (non-hydrogen) atoms. The van der Waals surface area contributed by atoms with Crippen LogP contribution in [0.25, 0.3) is 10.9 Å². The van der Waals surface area contributed by atoms with Gasteiger partial charge in [-0.05, 0) is 43.5 Å². The molecule has 1 aliphatic rings. The highest BCUT2D eigenvalue weighted by Crippen LogP contribution is 2.43. The number of nitrogens with one attached hydrogen (secondary N) is 1. The number of anilines is 1. The van der Waals surface area contributed by atoms with Crippen molar-refractivity contribution in [2.24, 2.45) is 7.05 Å². The Morgan fingerprint density at radius 3 is 2.64 bits per heavy atom. The fraction of sp³-hybridized carbons (Fsp3) is 0.385. The number of hydrogen-bond donors (Lipinski definition) is 1. The number of amides is 2. The Morgan fingerprint density at radius 1 is 1.15 bits per heavy atom. The lowest BCUT2D eigenvalue weighted by Gasteiger charge is -2.30. The van der Waals surface area contributed by atoms with Gasteiger partial charge in [-0.25, -0.2) is 0 Å². The molecule has 7 heteroatoms. The maximum atomic E-state index is 13.7. The van der Waals surface area contributed by atoms with E-state index in [1.54, 1.807) is 4.90 Å². The minimum atomic E-state index is -0.742. The summed E-state index contributed by atoms with van der Waals surface area (Å²) >= 11 is 1.50. The molecule has 1 aromatic heterocycles. The van der Waals surface area contributed by atoms with E-state index in [-0.39, 0.29) is 17.6 Å². The second-order valence-electron chi connectivity index (χ2n) is 8.11. The summed E-state index contributed by atoms with van der Waals surface area (Å²) in [7, 11) is 2.00. The van der Waals surface area contributed by atoms with Crippen LogP contribution >= 0.6 is 11.8 Å². The van der Waals surface area contributed by atoms with E-state index in [9.17, 15) is 9.59 Å². The zero-order chi connectivity index (χ0) is 23.4. The molecule has 174 valence electrons. The van der Waals surface area contributed by atoms with E-state index >= 15 is 0 Å². The third-order valence-corrected chi connectivity index (χ3v) is 7.22. The lowest BCUT2D eigenvalue weighted by molar-refractivity contribution is -0.125. The van der Waals surface area contributed by atoms with Crippen LogP contribution in [0.15, 0.2) is 53.6 Å². The molecular weight excluding hydrogens is 434 g/mol. The van der Waals surface area contributed by atoms with E-state index in [4.69, 9.17) is 4.74 Å². The van der Waals surface area contributed by atoms with E-state index in [0.29, 0.717) is 19.8 Å². The van der Waals surface area contributed by atoms with Gasteiger partial charge in [0.25, 0.3) is 0 Å². The lowest BCUT2D eigenvalue weighted by Crippen LogP contribution is -2.44. The van der Waals surface area contributed by atoms with E-state index < -0.39 is 6.04 Å². The number of carbonyl (C=O) groups is 2. The van der Waals surface area contributed by atoms with Crippen molar-refractivity contribution in [2.45, 2.75) is 37.8 Å². The van der Waals surface area contributed by atoms with E-state index in [2.05, 4.69) is 22.9 Å². The molecule has 6 nitrogen and oxygen atoms in total. The van der Waals surface area contributed by atoms with Crippen LogP contribution < -0.4 is 10.2 Å². The Labute approximate surface area is 199 Å². The second-order valence-corrected chi connectivity index (χ2v) is 9.08. The maximum Gasteiger partial charge on any atom is 0.247 e. The molecule has 1 atom stereocenters. The van der Waals surface area contributed by atoms with Crippen LogP contribution in [-0.2, 0) is 27.8 Å². The lowest BCUT2D eigenvalue weighted by atomic mass is 10.0. The highest BCUT2D eigenvalue weighted by molar-refractivity contribution is 8.00. The van der Waals surface area contributed by atoms with Gasteiger partial charge < -0.3 is 14.6 Å². The number of aryl methyl sites for hydroxylation is 2. The van der Waals surface area contributed by atoms with Crippen molar-refractivity contribution in [1.29, 1.82) is 0 Å². The molecule has 1 aliphatic heterocycles. The summed E-state index contributed by atoms with van der Waals surface area (Å²) in [6, 6.07) is 15.3. The highest BCUT2D eigenvalue weighted by Gasteiger charge is 2.39. The number of rotatable bonds is 8. The monoisotopic (exact) mass is 465 g/mol. The average molecular weight is 466 g/mol. The Balaban J connectivity index is 1.79. The standard InChI is InChI=1S/C26H31N3O3S/c1-4-18-11-13-19(14-12-18)29-22(30)17-33-26-23(20-9-6-7-10-21(20)28(26)3)24(29)25(31)27-15-8-16-32-5-2/h6-7,9-14,24H,4-5,8,15-17H2,1-3H3,(H,27,31)/t24-/m1/s1. The van der Waals surface area contributed by atoms with Crippen LogP contribution in [-0.4, -0.2) is 41.9 Å². The van der Waals surface area contributed by atoms with Crippen molar-refractivity contribution in [3.8, 4) is 0 Å². The van der Waals surface area contributed by atoms with Gasteiger partial charge >= 0.3 is 0 Å². The van der Waals surface area contributed by atoms with Crippen LogP contribution in [0.5, 0.6) is 0 Å². The molecule has 0 aliphatic carbocycles. The molecule has 2 amide bonds. The van der Waals surface area contributed by atoms with Crippen LogP contribution in [0.1, 0.15) is 37.4 Å². The van der Waals surface area contributed by atoms with Gasteiger partial charge in [-0.3, -0.25) is 14.5 Å². The average Bonchev–Trinajstić information content (AvgIpc) is 3.01. The molecule has 3 aromatic rings. The maximum absolute atomic E-state index is 13.7. The summed E-state index contributed by atoms with van der Waals surface area (Å²) in [5, 5.41) is 5.03. The fourth-order valence-corrected chi connectivity index (χ4v) is 5.44. The molecule has 2 heterocycles. The van der Waals surface area contributed by atoms with Crippen molar-refractivity contribution in [1.82, 2.24) is 9.88 Å². The van der Waals surface area contributed by atoms with Crippen LogP contribution in [0, 0.1) is 0 Å². The minimum absolute atomic E-state index is 0.0704. The molecule has 1 N–H and O–H groups in total. The first-order valence-corrected chi connectivity index (χ1v) is 12.5. The molecule has 0 radical (unpaired) electrons. The van der Waals surface area contributed by atoms with Gasteiger partial charge in [0.2, 0.25) is 11.8 Å². The summed E-state index contributed by atoms with van der Waals surface area (Å²) in [4.78, 5) is 28.8. The van der Waals surface area contributed by atoms with Crippen molar-refractivity contribution in [3.63, 3.8) is 0 Å². The van der Waals surface area contributed by atoms with Crippen LogP contribution in [0.3, 0.4) is 0 Å². The predicted octanol–water partition coefficient (Wildman–Crippen LogP) is 4.46. The number of para-hydroxylation sites is 1. The molecule has 0 fully saturated rings. The molecule has 0 bridgehead atoms. The minimum Gasteiger partial charge on any atom is -0.382 e. The Morgan fingerprint density at radius 2 is 1.91 bits per heavy atom. The predicted molar refractivity (Wildman–Crippen MR) is 134 cm³/mol. The quantitative estimate of drug-likeness (QED) is 0.499. The fourth-order valence-electron chi connectivity index (χ4n) is 4.37. The number of nitrogens with zero attached hydrogens (tertiary/aromatic N) is 2. The number of fused-ring (bicyclic) bond motifs is 3. The third kappa shape index (κ3) is 4.66. The molecule has 4 rings (SSSR count). The number of carbonyl (C=O) groups excluding carboxylic acids is 2. The molecule has 2 aromatic carbocycles. The van der Waals surface area contributed by atoms with Gasteiger partial charge in [0.05, 0.1) is 10.8 Å². The summed E-state index contributed by atoms with van der Waals surface area (Å²) in [6.45, 7) is 5.81. The number of thioether (sulfide) groups is 1. The zero-order valence-corrected chi connectivity index (χ0v) is 20.3. The van der Waals surface area contributed by atoms with Gasteiger partial charge in [0.15, 0.2) is 0 Å². The van der Waals surface area contributed by atoms with Crippen LogP contribution in [0.4, 0.5) is 5.69 Å². The highest BCUT2D eigenvalue weighted by atomic mass is 32.2. The number of aromatic nitrogens is 1. The molecule has 0 unspecified atom stereocenters. The smallest absolute Gasteiger partial charge is 0.247 e. The van der Waals surface area contributed by atoms with Gasteiger partial charge in [-0.1, -0.05) is 49.0 Å². The molecule has 0 spiro atoms. The largest absolute Gasteiger partial charge is 0.382 e. The Bertz CT molecular complexity index is 1140. The van der Waals surface area contributed by atoms with Crippen molar-refractivity contribution >= 4 is 40.2 Å². The van der Waals surface area contributed by atoms with Crippen LogP contribution in [0.2, 0.25) is 0 Å². The first kappa shape index (κ1) is 23.4. The topological polar surface area (TPSA) is 63.6 Å². The summed E-state index contributed by atoms with van der Waals surface area (Å²) in [5.41, 5.74) is 3.89. The molecular formula is C26H31N3O3S. The van der Waals surface area contributed by atoms with Gasteiger partial charge in [-0.15, -0.1) is 0 Å². The number of benzene rings is 2. The van der Waals surface area contributed by atoms with Gasteiger partial charge in [0.1, 0.15) is 6.04 Å². The van der Waals surface area contributed by atoms with Gasteiger partial charge in [-0.2, -0.15) is 0 Å². The molecule has 0 saturated heterocycles. The van der Waals surface area contributed by atoms with E-state index in [1.807, 2.05) is 56.4 Å². The van der Waals surface area contributed by atoms with E-state index in [0.717, 1.165) is 40.0 Å². The van der Waals surface area contributed by atoms with Crippen molar-refractivity contribution in [2.75, 3.05) is 30.4 Å². The summed E-state index contributed by atoms with van der Waals surface area (Å²) in [5.74, 6) is 0.0411. The number of ether oxygens (including phenoxy) is 1. The normalized spacial score (nSPS) is 16.0. The first-order valence-electron chi connectivity index (χ1n) is 11.5. The van der Waals surface area contributed by atoms with E-state index in [1.165, 1.54) is 17.3 Å². The van der Waals surface area contributed by atoms with Crippen molar-refractivity contribution < 1.29 is 14.3 Å². The van der Waals surface area contributed by atoms with Gasteiger partial charge in [0, 0.05) is 49.0 Å². The molecule has 0 saturated carbocycles. The third-order valence-electron chi connectivity index (χ3n) is 6.06. The summed E-state index contributed by atoms with van der Waals surface area (Å²) < 4.78 is 7.50.